The summed E-state index contributed by atoms with van der Waals surface area (Å²) >= 11 is 0. The first-order valence-corrected chi connectivity index (χ1v) is 15.5. The maximum absolute atomic E-state index is 11.8. The molecule has 13 nitrogen and oxygen atoms in total. The Labute approximate surface area is 268 Å². The van der Waals surface area contributed by atoms with Gasteiger partial charge in [-0.2, -0.15) is 26.3 Å². The van der Waals surface area contributed by atoms with Gasteiger partial charge in [-0.15, -0.1) is 0 Å². The molecule has 1 saturated heterocycles. The van der Waals surface area contributed by atoms with E-state index < -0.39 is 34.1 Å². The molecule has 0 unspecified atom stereocenters. The largest absolute Gasteiger partial charge is 0.490 e. The van der Waals surface area contributed by atoms with Gasteiger partial charge in [0, 0.05) is 61.7 Å². The molecule has 1 aliphatic rings. The molecule has 0 bridgehead atoms. The molecule has 260 valence electrons. The quantitative estimate of drug-likeness (QED) is 0.220. The van der Waals surface area contributed by atoms with Gasteiger partial charge in [-0.25, -0.2) is 28.0 Å². The van der Waals surface area contributed by atoms with Crippen LogP contribution >= 0.6 is 0 Å². The van der Waals surface area contributed by atoms with E-state index in [9.17, 15) is 34.8 Å². The number of imidazole rings is 1. The molecule has 1 atom stereocenters. The average Bonchev–Trinajstić information content (AvgIpc) is 3.40. The monoisotopic (exact) mass is 705 g/mol. The molecule has 0 saturated carbocycles. The Bertz CT molecular complexity index is 1840. The summed E-state index contributed by atoms with van der Waals surface area (Å²) in [6.07, 6.45) is 0.941. The number of hydrogen-bond acceptors (Lipinski definition) is 10. The van der Waals surface area contributed by atoms with E-state index >= 15 is 0 Å². The van der Waals surface area contributed by atoms with Crippen molar-refractivity contribution in [3.8, 4) is 11.3 Å². The van der Waals surface area contributed by atoms with E-state index in [-0.39, 0.29) is 10.9 Å². The van der Waals surface area contributed by atoms with Crippen LogP contribution in [0.4, 0.5) is 37.8 Å². The van der Waals surface area contributed by atoms with Crippen LogP contribution in [0.1, 0.15) is 24.1 Å². The number of halogens is 6. The van der Waals surface area contributed by atoms with Gasteiger partial charge in [0.2, 0.25) is 0 Å². The van der Waals surface area contributed by atoms with Crippen molar-refractivity contribution in [1.29, 1.82) is 0 Å². The zero-order valence-corrected chi connectivity index (χ0v) is 25.7. The molecular formula is C28H29F6N7O6S. The number of carboxylic acids is 2. The highest BCUT2D eigenvalue weighted by Gasteiger charge is 2.38. The van der Waals surface area contributed by atoms with Crippen LogP contribution in [0.25, 0.3) is 16.9 Å². The van der Waals surface area contributed by atoms with E-state index in [1.807, 2.05) is 23.0 Å². The van der Waals surface area contributed by atoms with E-state index in [1.165, 1.54) is 6.26 Å². The number of carbonyl (C=O) groups is 2. The van der Waals surface area contributed by atoms with Crippen LogP contribution in [0.15, 0.2) is 60.0 Å². The van der Waals surface area contributed by atoms with Crippen molar-refractivity contribution in [1.82, 2.24) is 19.4 Å². The minimum absolute atomic E-state index is 0.131. The topological polar surface area (TPSA) is 207 Å². The number of hydrogen-bond donors (Lipinski definition) is 4. The van der Waals surface area contributed by atoms with Gasteiger partial charge in [-0.05, 0) is 36.6 Å². The van der Waals surface area contributed by atoms with Crippen molar-refractivity contribution in [3.63, 3.8) is 0 Å². The third kappa shape index (κ3) is 10.0. The molecule has 4 aromatic rings. The van der Waals surface area contributed by atoms with Gasteiger partial charge >= 0.3 is 24.3 Å². The first-order chi connectivity index (χ1) is 22.2. The number of alkyl halides is 6. The molecule has 3 aromatic heterocycles. The number of aliphatic carboxylic acids is 2. The summed E-state index contributed by atoms with van der Waals surface area (Å²) in [4.78, 5) is 33.7. The standard InChI is InChI=1S/C24H27N7O2S.2C2HF3O2/c1-34(32,33)20-6-4-16(5-7-20)21-12-17(22(14-28-21)30-9-2-3-18(25)15-30)11-19-13-29-24-23(26)27-8-10-31(19)24;2*3-2(4,5)1(6)7/h4-8,10,12-14,18H,2-3,9,11,15,25H2,1H3,(H2,26,27);2*(H,6,7)/t18-;;/m1../s1. The summed E-state index contributed by atoms with van der Waals surface area (Å²) in [7, 11) is -3.26. The van der Waals surface area contributed by atoms with Crippen LogP contribution < -0.4 is 16.4 Å². The third-order valence-corrected chi connectivity index (χ3v) is 7.86. The number of carboxylic acid groups (broad SMARTS) is 2. The minimum Gasteiger partial charge on any atom is -0.475 e. The number of piperidine rings is 1. The van der Waals surface area contributed by atoms with Crippen LogP contribution in [0, 0.1) is 0 Å². The molecule has 1 aromatic carbocycles. The lowest BCUT2D eigenvalue weighted by Gasteiger charge is -2.34. The fraction of sp³-hybridized carbons (Fsp3) is 0.321. The maximum Gasteiger partial charge on any atom is 0.490 e. The molecule has 20 heteroatoms. The number of fused-ring (bicyclic) bond motifs is 1. The van der Waals surface area contributed by atoms with Gasteiger partial charge < -0.3 is 26.6 Å². The lowest BCUT2D eigenvalue weighted by atomic mass is 10.0. The number of rotatable bonds is 5. The summed E-state index contributed by atoms with van der Waals surface area (Å²) in [6, 6.07) is 9.01. The Morgan fingerprint density at radius 1 is 0.979 bits per heavy atom. The molecule has 0 aliphatic carbocycles. The lowest BCUT2D eigenvalue weighted by molar-refractivity contribution is -0.193. The van der Waals surface area contributed by atoms with Gasteiger partial charge in [0.15, 0.2) is 21.3 Å². The summed E-state index contributed by atoms with van der Waals surface area (Å²) < 4.78 is 89.1. The second-order valence-corrected chi connectivity index (χ2v) is 12.4. The van der Waals surface area contributed by atoms with E-state index in [0.717, 1.165) is 54.1 Å². The number of pyridine rings is 1. The van der Waals surface area contributed by atoms with Crippen LogP contribution in [0.3, 0.4) is 0 Å². The second kappa shape index (κ2) is 14.8. The summed E-state index contributed by atoms with van der Waals surface area (Å²) in [5, 5.41) is 14.2. The summed E-state index contributed by atoms with van der Waals surface area (Å²) in [5.41, 5.74) is 17.6. The number of nitrogens with zero attached hydrogens (tertiary/aromatic N) is 5. The Hall–Kier alpha value is -4.98. The molecule has 5 rings (SSSR count). The molecule has 1 fully saturated rings. The number of anilines is 2. The zero-order valence-electron chi connectivity index (χ0n) is 24.9. The highest BCUT2D eigenvalue weighted by atomic mass is 32.2. The number of nitrogens with two attached hydrogens (primary N) is 2. The molecule has 0 radical (unpaired) electrons. The first kappa shape index (κ1) is 37.5. The number of benzene rings is 1. The highest BCUT2D eigenvalue weighted by Crippen LogP contribution is 2.30. The van der Waals surface area contributed by atoms with Crippen molar-refractivity contribution in [3.05, 3.63) is 66.4 Å². The van der Waals surface area contributed by atoms with E-state index in [4.69, 9.17) is 36.3 Å². The summed E-state index contributed by atoms with van der Waals surface area (Å²) in [5.74, 6) is -5.13. The fourth-order valence-corrected chi connectivity index (χ4v) is 5.12. The molecule has 6 N–H and O–H groups in total. The van der Waals surface area contributed by atoms with Crippen LogP contribution in [0.5, 0.6) is 0 Å². The van der Waals surface area contributed by atoms with Crippen LogP contribution in [-0.2, 0) is 25.8 Å². The minimum atomic E-state index is -5.08. The normalized spacial score (nSPS) is 15.2. The van der Waals surface area contributed by atoms with Crippen molar-refractivity contribution in [2.45, 2.75) is 42.6 Å². The highest BCUT2D eigenvalue weighted by molar-refractivity contribution is 7.90. The molecule has 48 heavy (non-hydrogen) atoms. The third-order valence-electron chi connectivity index (χ3n) is 6.73. The van der Waals surface area contributed by atoms with Crippen molar-refractivity contribution < 1.29 is 54.6 Å². The van der Waals surface area contributed by atoms with Crippen LogP contribution in [-0.4, -0.2) is 87.7 Å². The Balaban J connectivity index is 0.000000376. The zero-order chi connectivity index (χ0) is 36.0. The van der Waals surface area contributed by atoms with Gasteiger partial charge in [0.25, 0.3) is 0 Å². The van der Waals surface area contributed by atoms with Gasteiger partial charge in [-0.3, -0.25) is 9.38 Å². The fourth-order valence-electron chi connectivity index (χ4n) is 4.49. The molecular weight excluding hydrogens is 676 g/mol. The number of aromatic nitrogens is 4. The predicted molar refractivity (Wildman–Crippen MR) is 160 cm³/mol. The number of sulfone groups is 1. The van der Waals surface area contributed by atoms with E-state index in [2.05, 4.69) is 20.9 Å². The molecule has 0 spiro atoms. The lowest BCUT2D eigenvalue weighted by Crippen LogP contribution is -2.43. The predicted octanol–water partition coefficient (Wildman–Crippen LogP) is 3.56. The Morgan fingerprint density at radius 3 is 2.08 bits per heavy atom. The number of nitrogen functional groups attached to an aromatic ring is 1. The van der Waals surface area contributed by atoms with Crippen molar-refractivity contribution in [2.24, 2.45) is 5.73 Å². The summed E-state index contributed by atoms with van der Waals surface area (Å²) in [6.45, 7) is 1.70. The molecule has 4 heterocycles. The molecule has 0 amide bonds. The average molecular weight is 706 g/mol. The van der Waals surface area contributed by atoms with Crippen molar-refractivity contribution in [2.75, 3.05) is 30.0 Å². The SMILES string of the molecule is CS(=O)(=O)c1ccc(-c2cc(Cc3cnc4c(N)nccn34)c(N3CCC[C@@H](N)C3)cn2)cc1.O=C(O)C(F)(F)F.O=C(O)C(F)(F)F. The van der Waals surface area contributed by atoms with Gasteiger partial charge in [-0.1, -0.05) is 12.1 Å². The maximum atomic E-state index is 11.8. The van der Waals surface area contributed by atoms with E-state index in [1.54, 1.807) is 30.5 Å². The second-order valence-electron chi connectivity index (χ2n) is 10.4. The van der Waals surface area contributed by atoms with Crippen molar-refractivity contribution >= 4 is 38.9 Å². The van der Waals surface area contributed by atoms with Gasteiger partial charge in [0.1, 0.15) is 0 Å². The first-order valence-electron chi connectivity index (χ1n) is 13.6. The Kier molecular flexibility index (Phi) is 11.6. The Morgan fingerprint density at radius 2 is 1.56 bits per heavy atom. The smallest absolute Gasteiger partial charge is 0.475 e. The molecule has 1 aliphatic heterocycles. The van der Waals surface area contributed by atoms with Crippen LogP contribution in [0.2, 0.25) is 0 Å². The van der Waals surface area contributed by atoms with Gasteiger partial charge in [0.05, 0.1) is 22.5 Å². The van der Waals surface area contributed by atoms with E-state index in [0.29, 0.717) is 17.9 Å².